The molecule has 144 valence electrons. The Morgan fingerprint density at radius 1 is 0.963 bits per heavy atom. The predicted octanol–water partition coefficient (Wildman–Crippen LogP) is 2.22. The van der Waals surface area contributed by atoms with Crippen molar-refractivity contribution in [3.8, 4) is 5.75 Å². The summed E-state index contributed by atoms with van der Waals surface area (Å²) < 4.78 is 32.5. The average Bonchev–Trinajstić information content (AvgIpc) is 2.67. The van der Waals surface area contributed by atoms with E-state index in [1.807, 2.05) is 44.2 Å². The van der Waals surface area contributed by atoms with Crippen LogP contribution >= 0.6 is 0 Å². The molecular weight excluding hydrogens is 364 g/mol. The topological polar surface area (TPSA) is 66.9 Å². The zero-order valence-electron chi connectivity index (χ0n) is 15.6. The molecule has 0 spiro atoms. The average molecular weight is 388 g/mol. The molecule has 0 aliphatic carbocycles. The van der Waals surface area contributed by atoms with E-state index < -0.39 is 10.0 Å². The standard InChI is InChI=1S/C20H24N2O4S/c1-16-6-8-18(9-7-16)26-15-20(23)21-10-12-22(13-11-21)27(24,25)19-5-3-4-17(2)14-19/h3-9,14H,10-13,15H2,1-2H3. The lowest BCUT2D eigenvalue weighted by atomic mass is 10.2. The third-order valence-electron chi connectivity index (χ3n) is 4.60. The number of piperazine rings is 1. The van der Waals surface area contributed by atoms with E-state index in [1.54, 1.807) is 23.1 Å². The highest BCUT2D eigenvalue weighted by molar-refractivity contribution is 7.89. The Labute approximate surface area is 160 Å². The van der Waals surface area contributed by atoms with Gasteiger partial charge in [0.05, 0.1) is 4.90 Å². The molecule has 2 aromatic carbocycles. The highest BCUT2D eigenvalue weighted by Crippen LogP contribution is 2.19. The minimum Gasteiger partial charge on any atom is -0.484 e. The van der Waals surface area contributed by atoms with Crippen LogP contribution in [0.5, 0.6) is 5.75 Å². The Bertz CT molecular complexity index is 902. The summed E-state index contributed by atoms with van der Waals surface area (Å²) in [5, 5.41) is 0. The lowest BCUT2D eigenvalue weighted by Gasteiger charge is -2.34. The van der Waals surface area contributed by atoms with Crippen LogP contribution in [0, 0.1) is 13.8 Å². The molecule has 1 amide bonds. The van der Waals surface area contributed by atoms with Crippen molar-refractivity contribution in [1.29, 1.82) is 0 Å². The van der Waals surface area contributed by atoms with Gasteiger partial charge in [-0.2, -0.15) is 4.31 Å². The summed E-state index contributed by atoms with van der Waals surface area (Å²) in [4.78, 5) is 14.3. The lowest BCUT2D eigenvalue weighted by molar-refractivity contribution is -0.134. The summed E-state index contributed by atoms with van der Waals surface area (Å²) in [6.45, 7) is 5.10. The molecule has 0 radical (unpaired) electrons. The summed E-state index contributed by atoms with van der Waals surface area (Å²) in [7, 11) is -3.53. The lowest BCUT2D eigenvalue weighted by Crippen LogP contribution is -2.51. The number of hydrogen-bond donors (Lipinski definition) is 0. The molecule has 7 heteroatoms. The molecule has 1 heterocycles. The van der Waals surface area contributed by atoms with E-state index in [1.165, 1.54) is 4.31 Å². The quantitative estimate of drug-likeness (QED) is 0.788. The second-order valence-electron chi connectivity index (χ2n) is 6.70. The molecule has 2 aromatic rings. The van der Waals surface area contributed by atoms with Gasteiger partial charge in [0.15, 0.2) is 6.61 Å². The molecule has 0 unspecified atom stereocenters. The summed E-state index contributed by atoms with van der Waals surface area (Å²) in [5.41, 5.74) is 2.03. The van der Waals surface area contributed by atoms with Crippen LogP contribution in [-0.4, -0.2) is 56.3 Å². The van der Waals surface area contributed by atoms with Crippen LogP contribution in [0.1, 0.15) is 11.1 Å². The maximum absolute atomic E-state index is 12.8. The van der Waals surface area contributed by atoms with Gasteiger partial charge in [0.1, 0.15) is 5.75 Å². The van der Waals surface area contributed by atoms with Crippen LogP contribution in [-0.2, 0) is 14.8 Å². The van der Waals surface area contributed by atoms with E-state index in [-0.39, 0.29) is 25.6 Å². The fraction of sp³-hybridized carbons (Fsp3) is 0.350. The Kier molecular flexibility index (Phi) is 5.82. The summed E-state index contributed by atoms with van der Waals surface area (Å²) in [6, 6.07) is 14.4. The van der Waals surface area contributed by atoms with E-state index >= 15 is 0 Å². The number of aryl methyl sites for hydroxylation is 2. The number of benzene rings is 2. The van der Waals surface area contributed by atoms with Crippen molar-refractivity contribution >= 4 is 15.9 Å². The van der Waals surface area contributed by atoms with Crippen molar-refractivity contribution in [2.75, 3.05) is 32.8 Å². The minimum atomic E-state index is -3.53. The molecule has 0 aromatic heterocycles. The van der Waals surface area contributed by atoms with Gasteiger partial charge >= 0.3 is 0 Å². The van der Waals surface area contributed by atoms with Gasteiger partial charge in [0.25, 0.3) is 5.91 Å². The highest BCUT2D eigenvalue weighted by Gasteiger charge is 2.30. The maximum atomic E-state index is 12.8. The monoisotopic (exact) mass is 388 g/mol. The minimum absolute atomic E-state index is 0.0479. The van der Waals surface area contributed by atoms with Crippen LogP contribution in [0.2, 0.25) is 0 Å². The van der Waals surface area contributed by atoms with Gasteiger partial charge < -0.3 is 9.64 Å². The Hall–Kier alpha value is -2.38. The molecule has 0 atom stereocenters. The molecule has 1 fully saturated rings. The normalized spacial score (nSPS) is 15.6. The van der Waals surface area contributed by atoms with Gasteiger partial charge in [0, 0.05) is 26.2 Å². The van der Waals surface area contributed by atoms with Gasteiger partial charge in [0.2, 0.25) is 10.0 Å². The molecule has 1 aliphatic heterocycles. The van der Waals surface area contributed by atoms with E-state index in [4.69, 9.17) is 4.74 Å². The largest absolute Gasteiger partial charge is 0.484 e. The van der Waals surface area contributed by atoms with E-state index in [9.17, 15) is 13.2 Å². The first-order valence-corrected chi connectivity index (χ1v) is 10.3. The number of amides is 1. The van der Waals surface area contributed by atoms with Crippen LogP contribution in [0.3, 0.4) is 0 Å². The molecule has 6 nitrogen and oxygen atoms in total. The first-order valence-electron chi connectivity index (χ1n) is 8.90. The van der Waals surface area contributed by atoms with Crippen molar-refractivity contribution in [3.63, 3.8) is 0 Å². The fourth-order valence-corrected chi connectivity index (χ4v) is 4.50. The van der Waals surface area contributed by atoms with Crippen LogP contribution < -0.4 is 4.74 Å². The zero-order valence-corrected chi connectivity index (χ0v) is 16.4. The molecule has 1 aliphatic rings. The van der Waals surface area contributed by atoms with Crippen molar-refractivity contribution < 1.29 is 17.9 Å². The number of hydrogen-bond acceptors (Lipinski definition) is 4. The van der Waals surface area contributed by atoms with E-state index in [0.29, 0.717) is 23.7 Å². The number of nitrogens with zero attached hydrogens (tertiary/aromatic N) is 2. The van der Waals surface area contributed by atoms with E-state index in [0.717, 1.165) is 11.1 Å². The van der Waals surface area contributed by atoms with Crippen molar-refractivity contribution in [3.05, 3.63) is 59.7 Å². The number of carbonyl (C=O) groups excluding carboxylic acids is 1. The molecule has 0 N–H and O–H groups in total. The third kappa shape index (κ3) is 4.67. The second kappa shape index (κ2) is 8.10. The number of sulfonamides is 1. The van der Waals surface area contributed by atoms with Crippen LogP contribution in [0.4, 0.5) is 0 Å². The molecule has 1 saturated heterocycles. The molecule has 0 saturated carbocycles. The fourth-order valence-electron chi connectivity index (χ4n) is 2.97. The van der Waals surface area contributed by atoms with Crippen LogP contribution in [0.15, 0.2) is 53.4 Å². The predicted molar refractivity (Wildman–Crippen MR) is 103 cm³/mol. The van der Waals surface area contributed by atoms with Gasteiger partial charge in [-0.3, -0.25) is 4.79 Å². The molecule has 3 rings (SSSR count). The van der Waals surface area contributed by atoms with Crippen molar-refractivity contribution in [2.45, 2.75) is 18.7 Å². The smallest absolute Gasteiger partial charge is 0.260 e. The summed E-state index contributed by atoms with van der Waals surface area (Å²) in [6.07, 6.45) is 0. The SMILES string of the molecule is Cc1ccc(OCC(=O)N2CCN(S(=O)(=O)c3cccc(C)c3)CC2)cc1. The first kappa shape index (κ1) is 19.4. The van der Waals surface area contributed by atoms with Gasteiger partial charge in [-0.15, -0.1) is 0 Å². The number of rotatable bonds is 5. The molecule has 27 heavy (non-hydrogen) atoms. The van der Waals surface area contributed by atoms with Crippen molar-refractivity contribution in [1.82, 2.24) is 9.21 Å². The molecule has 0 bridgehead atoms. The van der Waals surface area contributed by atoms with Crippen LogP contribution in [0.25, 0.3) is 0 Å². The maximum Gasteiger partial charge on any atom is 0.260 e. The van der Waals surface area contributed by atoms with E-state index in [2.05, 4.69) is 0 Å². The zero-order chi connectivity index (χ0) is 19.4. The van der Waals surface area contributed by atoms with Gasteiger partial charge in [-0.05, 0) is 43.7 Å². The Balaban J connectivity index is 1.55. The summed E-state index contributed by atoms with van der Waals surface area (Å²) in [5.74, 6) is 0.512. The number of ether oxygens (including phenoxy) is 1. The third-order valence-corrected chi connectivity index (χ3v) is 6.50. The number of carbonyl (C=O) groups is 1. The Morgan fingerprint density at radius 3 is 2.26 bits per heavy atom. The Morgan fingerprint density at radius 2 is 1.63 bits per heavy atom. The van der Waals surface area contributed by atoms with Gasteiger partial charge in [-0.25, -0.2) is 8.42 Å². The van der Waals surface area contributed by atoms with Crippen molar-refractivity contribution in [2.24, 2.45) is 0 Å². The highest BCUT2D eigenvalue weighted by atomic mass is 32.2. The molecular formula is C20H24N2O4S. The first-order chi connectivity index (χ1) is 12.9. The second-order valence-corrected chi connectivity index (χ2v) is 8.64. The summed E-state index contributed by atoms with van der Waals surface area (Å²) >= 11 is 0. The van der Waals surface area contributed by atoms with Gasteiger partial charge in [-0.1, -0.05) is 29.8 Å².